The van der Waals surface area contributed by atoms with Crippen LogP contribution in [0, 0.1) is 0 Å². The van der Waals surface area contributed by atoms with Crippen LogP contribution >= 0.6 is 12.2 Å². The first kappa shape index (κ1) is 13.0. The molecule has 1 aromatic carbocycles. The van der Waals surface area contributed by atoms with Crippen molar-refractivity contribution < 1.29 is 0 Å². The lowest BCUT2D eigenvalue weighted by Gasteiger charge is -2.14. The van der Waals surface area contributed by atoms with Crippen molar-refractivity contribution in [3.63, 3.8) is 0 Å². The Labute approximate surface area is 103 Å². The molecule has 88 valence electrons. The van der Waals surface area contributed by atoms with Crippen molar-refractivity contribution in [2.24, 2.45) is 0 Å². The van der Waals surface area contributed by atoms with Gasteiger partial charge in [-0.2, -0.15) is 0 Å². The zero-order valence-corrected chi connectivity index (χ0v) is 11.0. The summed E-state index contributed by atoms with van der Waals surface area (Å²) in [5.74, 6) is 0. The Morgan fingerprint density at radius 3 is 2.44 bits per heavy atom. The topological polar surface area (TPSA) is 24.1 Å². The molecule has 0 spiro atoms. The van der Waals surface area contributed by atoms with E-state index in [-0.39, 0.29) is 0 Å². The molecule has 2 N–H and O–H groups in total. The van der Waals surface area contributed by atoms with Crippen LogP contribution in [0.2, 0.25) is 0 Å². The molecule has 0 atom stereocenters. The summed E-state index contributed by atoms with van der Waals surface area (Å²) >= 11 is 5.19. The highest BCUT2D eigenvalue weighted by atomic mass is 32.1. The highest BCUT2D eigenvalue weighted by Gasteiger charge is 2.01. The van der Waals surface area contributed by atoms with Gasteiger partial charge in [0.15, 0.2) is 5.11 Å². The Bertz CT molecular complexity index is 348. The van der Waals surface area contributed by atoms with E-state index in [2.05, 4.69) is 55.7 Å². The monoisotopic (exact) mass is 236 g/mol. The average Bonchev–Trinajstić information content (AvgIpc) is 2.26. The summed E-state index contributed by atoms with van der Waals surface area (Å²) in [6.07, 6.45) is 1.06. The highest BCUT2D eigenvalue weighted by molar-refractivity contribution is 7.80. The first-order valence-electron chi connectivity index (χ1n) is 5.74. The molecule has 0 saturated heterocycles. The minimum absolute atomic E-state index is 0.376. The van der Waals surface area contributed by atoms with Gasteiger partial charge in [-0.25, -0.2) is 0 Å². The van der Waals surface area contributed by atoms with E-state index in [9.17, 15) is 0 Å². The minimum atomic E-state index is 0.376. The van der Waals surface area contributed by atoms with Gasteiger partial charge in [-0.1, -0.05) is 31.2 Å². The van der Waals surface area contributed by atoms with E-state index >= 15 is 0 Å². The molecule has 0 amide bonds. The predicted molar refractivity (Wildman–Crippen MR) is 73.5 cm³/mol. The van der Waals surface area contributed by atoms with Crippen molar-refractivity contribution in [1.82, 2.24) is 10.6 Å². The van der Waals surface area contributed by atoms with E-state index < -0.39 is 0 Å². The summed E-state index contributed by atoms with van der Waals surface area (Å²) in [7, 11) is 0. The molecule has 2 nitrogen and oxygen atoms in total. The lowest BCUT2D eigenvalue weighted by molar-refractivity contribution is 0.711. The van der Waals surface area contributed by atoms with Gasteiger partial charge >= 0.3 is 0 Å². The number of hydrogen-bond acceptors (Lipinski definition) is 1. The first-order valence-corrected chi connectivity index (χ1v) is 6.15. The van der Waals surface area contributed by atoms with E-state index in [1.54, 1.807) is 0 Å². The van der Waals surface area contributed by atoms with Crippen LogP contribution in [0.1, 0.15) is 31.9 Å². The third kappa shape index (κ3) is 4.19. The quantitative estimate of drug-likeness (QED) is 0.786. The van der Waals surface area contributed by atoms with Crippen LogP contribution in [0.3, 0.4) is 0 Å². The zero-order valence-electron chi connectivity index (χ0n) is 10.2. The lowest BCUT2D eigenvalue weighted by atomic mass is 10.1. The van der Waals surface area contributed by atoms with Gasteiger partial charge in [0.05, 0.1) is 0 Å². The first-order chi connectivity index (χ1) is 7.63. The van der Waals surface area contributed by atoms with Crippen LogP contribution in [-0.4, -0.2) is 11.2 Å². The molecule has 0 unspecified atom stereocenters. The Morgan fingerprint density at radius 2 is 1.88 bits per heavy atom. The fourth-order valence-corrected chi connectivity index (χ4v) is 1.87. The Morgan fingerprint density at radius 1 is 1.25 bits per heavy atom. The van der Waals surface area contributed by atoms with Crippen LogP contribution in [0.4, 0.5) is 0 Å². The summed E-state index contributed by atoms with van der Waals surface area (Å²) in [4.78, 5) is 0. The zero-order chi connectivity index (χ0) is 12.0. The second-order valence-electron chi connectivity index (χ2n) is 4.10. The van der Waals surface area contributed by atoms with E-state index in [1.165, 1.54) is 11.1 Å². The van der Waals surface area contributed by atoms with Crippen molar-refractivity contribution in [2.45, 2.75) is 39.8 Å². The van der Waals surface area contributed by atoms with Crippen LogP contribution in [0.25, 0.3) is 0 Å². The summed E-state index contributed by atoms with van der Waals surface area (Å²) in [5, 5.41) is 7.12. The predicted octanol–water partition coefficient (Wildman–Crippen LogP) is 2.62. The molecular formula is C13H20N2S. The van der Waals surface area contributed by atoms with Gasteiger partial charge in [0.2, 0.25) is 0 Å². The number of thiocarbonyl (C=S) groups is 1. The number of benzene rings is 1. The maximum Gasteiger partial charge on any atom is 0.166 e. The third-order valence-corrected chi connectivity index (χ3v) is 2.62. The Balaban J connectivity index is 2.51. The van der Waals surface area contributed by atoms with Crippen LogP contribution in [0.15, 0.2) is 24.3 Å². The van der Waals surface area contributed by atoms with Gasteiger partial charge in [-0.05, 0) is 43.6 Å². The Kier molecular flexibility index (Phi) is 5.26. The second kappa shape index (κ2) is 6.48. The highest BCUT2D eigenvalue weighted by Crippen LogP contribution is 2.08. The summed E-state index contributed by atoms with van der Waals surface area (Å²) < 4.78 is 0. The number of hydrogen-bond donors (Lipinski definition) is 2. The molecule has 0 heterocycles. The van der Waals surface area contributed by atoms with Crippen molar-refractivity contribution in [1.29, 1.82) is 0 Å². The molecule has 3 heteroatoms. The molecular weight excluding hydrogens is 216 g/mol. The maximum atomic E-state index is 5.19. The van der Waals surface area contributed by atoms with E-state index in [4.69, 9.17) is 12.2 Å². The van der Waals surface area contributed by atoms with E-state index in [0.717, 1.165) is 18.1 Å². The van der Waals surface area contributed by atoms with Crippen molar-refractivity contribution in [2.75, 3.05) is 0 Å². The smallest absolute Gasteiger partial charge is 0.166 e. The minimum Gasteiger partial charge on any atom is -0.361 e. The van der Waals surface area contributed by atoms with Gasteiger partial charge in [0, 0.05) is 12.6 Å². The molecule has 0 aliphatic heterocycles. The molecule has 0 aliphatic carbocycles. The van der Waals surface area contributed by atoms with Gasteiger partial charge in [-0.15, -0.1) is 0 Å². The fraction of sp³-hybridized carbons (Fsp3) is 0.462. The van der Waals surface area contributed by atoms with Crippen molar-refractivity contribution in [3.8, 4) is 0 Å². The van der Waals surface area contributed by atoms with Crippen LogP contribution in [0.5, 0.6) is 0 Å². The largest absolute Gasteiger partial charge is 0.361 e. The summed E-state index contributed by atoms with van der Waals surface area (Å²) in [6, 6.07) is 8.82. The third-order valence-electron chi connectivity index (χ3n) is 2.36. The SMILES string of the molecule is CCc1ccccc1CNC(=S)NC(C)C. The average molecular weight is 236 g/mol. The molecule has 1 rings (SSSR count). The number of rotatable bonds is 4. The normalized spacial score (nSPS) is 10.2. The standard InChI is InChI=1S/C13H20N2S/c1-4-11-7-5-6-8-12(11)9-14-13(16)15-10(2)3/h5-8,10H,4,9H2,1-3H3,(H2,14,15,16). The molecule has 16 heavy (non-hydrogen) atoms. The molecule has 0 aromatic heterocycles. The Hall–Kier alpha value is -1.09. The number of nitrogens with one attached hydrogen (secondary N) is 2. The van der Waals surface area contributed by atoms with E-state index in [1.807, 2.05) is 0 Å². The van der Waals surface area contributed by atoms with Gasteiger partial charge in [0.25, 0.3) is 0 Å². The molecule has 1 aromatic rings. The number of aryl methyl sites for hydroxylation is 1. The van der Waals surface area contributed by atoms with Crippen molar-refractivity contribution in [3.05, 3.63) is 35.4 Å². The van der Waals surface area contributed by atoms with Crippen LogP contribution < -0.4 is 10.6 Å². The van der Waals surface area contributed by atoms with Gasteiger partial charge in [0.1, 0.15) is 0 Å². The maximum absolute atomic E-state index is 5.19. The van der Waals surface area contributed by atoms with E-state index in [0.29, 0.717) is 6.04 Å². The molecule has 0 bridgehead atoms. The fourth-order valence-electron chi connectivity index (χ4n) is 1.56. The van der Waals surface area contributed by atoms with Crippen molar-refractivity contribution >= 4 is 17.3 Å². The summed E-state index contributed by atoms with van der Waals surface area (Å²) in [6.45, 7) is 7.12. The molecule has 0 radical (unpaired) electrons. The molecule has 0 fully saturated rings. The van der Waals surface area contributed by atoms with Gasteiger partial charge in [-0.3, -0.25) is 0 Å². The molecule has 0 saturated carbocycles. The van der Waals surface area contributed by atoms with Crippen LogP contribution in [-0.2, 0) is 13.0 Å². The lowest BCUT2D eigenvalue weighted by Crippen LogP contribution is -2.38. The van der Waals surface area contributed by atoms with Gasteiger partial charge < -0.3 is 10.6 Å². The second-order valence-corrected chi connectivity index (χ2v) is 4.51. The summed E-state index contributed by atoms with van der Waals surface area (Å²) in [5.41, 5.74) is 2.69. The molecule has 0 aliphatic rings.